The highest BCUT2D eigenvalue weighted by Gasteiger charge is 2.23. The largest absolute Gasteiger partial charge is 0.493 e. The molecule has 1 aromatic heterocycles. The van der Waals surface area contributed by atoms with Gasteiger partial charge in [-0.3, -0.25) is 9.59 Å². The maximum atomic E-state index is 13.1. The molecule has 2 N–H and O–H groups in total. The second-order valence-electron chi connectivity index (χ2n) is 7.29. The molecular formula is C26H23N3O4S2. The minimum absolute atomic E-state index is 0.170. The van der Waals surface area contributed by atoms with Crippen LogP contribution in [0.2, 0.25) is 0 Å². The van der Waals surface area contributed by atoms with Crippen LogP contribution in [0.25, 0.3) is 0 Å². The Morgan fingerprint density at radius 3 is 2.43 bits per heavy atom. The third kappa shape index (κ3) is 6.20. The topological polar surface area (TPSA) is 89.5 Å². The van der Waals surface area contributed by atoms with Gasteiger partial charge in [-0.25, -0.2) is 4.98 Å². The molecule has 0 aliphatic heterocycles. The van der Waals surface area contributed by atoms with E-state index >= 15 is 0 Å². The van der Waals surface area contributed by atoms with E-state index in [-0.39, 0.29) is 11.8 Å². The van der Waals surface area contributed by atoms with Crippen LogP contribution in [0.15, 0.2) is 89.3 Å². The highest BCUT2D eigenvalue weighted by molar-refractivity contribution is 8.00. The molecule has 7 nitrogen and oxygen atoms in total. The van der Waals surface area contributed by atoms with Crippen molar-refractivity contribution in [3.63, 3.8) is 0 Å². The van der Waals surface area contributed by atoms with Gasteiger partial charge in [-0.2, -0.15) is 0 Å². The number of nitrogens with zero attached hydrogens (tertiary/aromatic N) is 1. The highest BCUT2D eigenvalue weighted by Crippen LogP contribution is 2.37. The molecule has 4 rings (SSSR count). The number of amides is 2. The molecule has 0 spiro atoms. The molecule has 1 heterocycles. The first-order chi connectivity index (χ1) is 17.1. The summed E-state index contributed by atoms with van der Waals surface area (Å²) in [6.45, 7) is 0. The number of carbonyl (C=O) groups is 2. The standard InChI is InChI=1S/C26H23N3O4S2/c1-32-21-12-11-18(15-22(21)33-2)24(30)28-19-9-6-10-20(16-19)35-23(17-7-4-3-5-8-17)25(31)29-26-27-13-14-34-26/h3-16,23H,1-2H3,(H,28,30)(H,27,29,31). The molecule has 0 saturated carbocycles. The van der Waals surface area contributed by atoms with Crippen molar-refractivity contribution in [2.45, 2.75) is 10.1 Å². The van der Waals surface area contributed by atoms with Crippen LogP contribution in [0.1, 0.15) is 21.2 Å². The second-order valence-corrected chi connectivity index (χ2v) is 9.36. The summed E-state index contributed by atoms with van der Waals surface area (Å²) in [6, 6.07) is 21.9. The van der Waals surface area contributed by atoms with E-state index in [1.807, 2.05) is 53.9 Å². The highest BCUT2D eigenvalue weighted by atomic mass is 32.2. The zero-order valence-corrected chi connectivity index (χ0v) is 20.7. The van der Waals surface area contributed by atoms with E-state index in [4.69, 9.17) is 9.47 Å². The smallest absolute Gasteiger partial charge is 0.255 e. The number of hydrogen-bond acceptors (Lipinski definition) is 7. The lowest BCUT2D eigenvalue weighted by molar-refractivity contribution is -0.115. The van der Waals surface area contributed by atoms with Crippen molar-refractivity contribution in [1.29, 1.82) is 0 Å². The van der Waals surface area contributed by atoms with Crippen molar-refractivity contribution in [3.05, 3.63) is 95.5 Å². The van der Waals surface area contributed by atoms with Gasteiger partial charge in [-0.1, -0.05) is 36.4 Å². The van der Waals surface area contributed by atoms with E-state index in [9.17, 15) is 9.59 Å². The van der Waals surface area contributed by atoms with Crippen LogP contribution in [0.3, 0.4) is 0 Å². The maximum Gasteiger partial charge on any atom is 0.255 e. The van der Waals surface area contributed by atoms with Crippen molar-refractivity contribution >= 4 is 45.7 Å². The number of thiazole rings is 1. The number of benzene rings is 3. The molecule has 0 fully saturated rings. The molecule has 35 heavy (non-hydrogen) atoms. The van der Waals surface area contributed by atoms with Gasteiger partial charge in [-0.15, -0.1) is 23.1 Å². The molecule has 1 unspecified atom stereocenters. The molecule has 0 bridgehead atoms. The molecule has 9 heteroatoms. The Balaban J connectivity index is 1.52. The Morgan fingerprint density at radius 1 is 0.914 bits per heavy atom. The van der Waals surface area contributed by atoms with Gasteiger partial charge in [0.05, 0.1) is 14.2 Å². The molecule has 0 saturated heterocycles. The van der Waals surface area contributed by atoms with Crippen molar-refractivity contribution in [2.24, 2.45) is 0 Å². The Hall–Kier alpha value is -3.82. The fraction of sp³-hybridized carbons (Fsp3) is 0.115. The van der Waals surface area contributed by atoms with E-state index in [0.29, 0.717) is 27.9 Å². The number of methoxy groups -OCH3 is 2. The Morgan fingerprint density at radius 2 is 1.71 bits per heavy atom. The van der Waals surface area contributed by atoms with E-state index in [0.717, 1.165) is 10.5 Å². The number of ether oxygens (including phenoxy) is 2. The molecule has 3 aromatic carbocycles. The number of carbonyl (C=O) groups excluding carboxylic acids is 2. The number of thioether (sulfide) groups is 1. The van der Waals surface area contributed by atoms with Crippen molar-refractivity contribution in [2.75, 3.05) is 24.9 Å². The first-order valence-electron chi connectivity index (χ1n) is 10.6. The van der Waals surface area contributed by atoms with E-state index in [1.165, 1.54) is 30.2 Å². The second kappa shape index (κ2) is 11.5. The van der Waals surface area contributed by atoms with E-state index < -0.39 is 5.25 Å². The summed E-state index contributed by atoms with van der Waals surface area (Å²) in [4.78, 5) is 30.9. The molecular weight excluding hydrogens is 482 g/mol. The van der Waals surface area contributed by atoms with Gasteiger partial charge in [0, 0.05) is 27.7 Å². The van der Waals surface area contributed by atoms with Gasteiger partial charge in [0.1, 0.15) is 5.25 Å². The quantitative estimate of drug-likeness (QED) is 0.276. The summed E-state index contributed by atoms with van der Waals surface area (Å²) in [5, 5.41) is 7.65. The average Bonchev–Trinajstić information content (AvgIpc) is 3.40. The fourth-order valence-corrected chi connectivity index (χ4v) is 4.94. The fourth-order valence-electron chi connectivity index (χ4n) is 3.32. The summed E-state index contributed by atoms with van der Waals surface area (Å²) in [6.07, 6.45) is 1.65. The molecule has 4 aromatic rings. The minimum atomic E-state index is -0.503. The number of aromatic nitrogens is 1. The lowest BCUT2D eigenvalue weighted by atomic mass is 10.1. The first-order valence-corrected chi connectivity index (χ1v) is 12.4. The monoisotopic (exact) mass is 505 g/mol. The first kappa shape index (κ1) is 24.3. The van der Waals surface area contributed by atoms with Gasteiger partial charge in [0.25, 0.3) is 5.91 Å². The molecule has 2 amide bonds. The van der Waals surface area contributed by atoms with E-state index in [2.05, 4.69) is 15.6 Å². The molecule has 0 radical (unpaired) electrons. The Bertz CT molecular complexity index is 1300. The molecule has 1 atom stereocenters. The van der Waals surface area contributed by atoms with Crippen LogP contribution in [0.5, 0.6) is 11.5 Å². The molecule has 0 aliphatic carbocycles. The average molecular weight is 506 g/mol. The Labute approximate surface area is 211 Å². The maximum absolute atomic E-state index is 13.1. The van der Waals surface area contributed by atoms with Crippen LogP contribution in [-0.2, 0) is 4.79 Å². The van der Waals surface area contributed by atoms with Crippen LogP contribution >= 0.6 is 23.1 Å². The SMILES string of the molecule is COc1ccc(C(=O)Nc2cccc(SC(C(=O)Nc3nccs3)c3ccccc3)c2)cc1OC. The zero-order valence-electron chi connectivity index (χ0n) is 19.1. The summed E-state index contributed by atoms with van der Waals surface area (Å²) >= 11 is 2.76. The van der Waals surface area contributed by atoms with Crippen molar-refractivity contribution < 1.29 is 19.1 Å². The zero-order chi connectivity index (χ0) is 24.6. The lowest BCUT2D eigenvalue weighted by Crippen LogP contribution is -2.19. The summed E-state index contributed by atoms with van der Waals surface area (Å²) in [7, 11) is 3.06. The third-order valence-electron chi connectivity index (χ3n) is 4.99. The van der Waals surface area contributed by atoms with Crippen molar-refractivity contribution in [1.82, 2.24) is 4.98 Å². The third-order valence-corrected chi connectivity index (χ3v) is 6.93. The molecule has 0 aliphatic rings. The summed E-state index contributed by atoms with van der Waals surface area (Å²) in [5.41, 5.74) is 1.92. The van der Waals surface area contributed by atoms with Gasteiger partial charge in [0.15, 0.2) is 16.6 Å². The van der Waals surface area contributed by atoms with Crippen LogP contribution in [-0.4, -0.2) is 31.0 Å². The number of anilines is 2. The van der Waals surface area contributed by atoms with Crippen molar-refractivity contribution in [3.8, 4) is 11.5 Å². The van der Waals surface area contributed by atoms with Gasteiger partial charge in [0.2, 0.25) is 5.91 Å². The number of nitrogens with one attached hydrogen (secondary N) is 2. The van der Waals surface area contributed by atoms with Gasteiger partial charge < -0.3 is 20.1 Å². The lowest BCUT2D eigenvalue weighted by Gasteiger charge is -2.17. The van der Waals surface area contributed by atoms with Crippen LogP contribution < -0.4 is 20.1 Å². The van der Waals surface area contributed by atoms with Crippen LogP contribution in [0, 0.1) is 0 Å². The predicted octanol–water partition coefficient (Wildman–Crippen LogP) is 5.88. The summed E-state index contributed by atoms with van der Waals surface area (Å²) in [5.74, 6) is 0.567. The number of hydrogen-bond donors (Lipinski definition) is 2. The summed E-state index contributed by atoms with van der Waals surface area (Å²) < 4.78 is 10.5. The predicted molar refractivity (Wildman–Crippen MR) is 140 cm³/mol. The normalized spacial score (nSPS) is 11.4. The Kier molecular flexibility index (Phi) is 8.02. The van der Waals surface area contributed by atoms with Crippen LogP contribution in [0.4, 0.5) is 10.8 Å². The molecule has 178 valence electrons. The minimum Gasteiger partial charge on any atom is -0.493 e. The van der Waals surface area contributed by atoms with Gasteiger partial charge in [-0.05, 0) is 42.0 Å². The van der Waals surface area contributed by atoms with E-state index in [1.54, 1.807) is 37.6 Å². The van der Waals surface area contributed by atoms with Gasteiger partial charge >= 0.3 is 0 Å². The number of rotatable bonds is 9.